The smallest absolute Gasteiger partial charge is 0.158 e. The normalized spacial score (nSPS) is 24.5. The van der Waals surface area contributed by atoms with Crippen molar-refractivity contribution in [2.24, 2.45) is 0 Å². The molecule has 1 atom stereocenters. The van der Waals surface area contributed by atoms with Gasteiger partial charge in [0.2, 0.25) is 0 Å². The van der Waals surface area contributed by atoms with E-state index in [0.717, 1.165) is 24.8 Å². The van der Waals surface area contributed by atoms with Gasteiger partial charge in [0.1, 0.15) is 0 Å². The first kappa shape index (κ1) is 8.47. The number of ether oxygens (including phenoxy) is 1. The first-order valence-electron chi connectivity index (χ1n) is 3.99. The largest absolute Gasteiger partial charge is 0.377 e. The summed E-state index contributed by atoms with van der Waals surface area (Å²) in [6.45, 7) is 1.60. The number of hydrogen-bond donors (Lipinski definition) is 0. The second-order valence-electron chi connectivity index (χ2n) is 2.87. The van der Waals surface area contributed by atoms with Crippen LogP contribution in [0.2, 0.25) is 0 Å². The molecule has 0 N–H and O–H groups in total. The lowest BCUT2D eigenvalue weighted by Gasteiger charge is -2.20. The summed E-state index contributed by atoms with van der Waals surface area (Å²) in [5.41, 5.74) is 0.860. The molecule has 0 aromatic carbocycles. The molecule has 11 heavy (non-hydrogen) atoms. The van der Waals surface area contributed by atoms with E-state index in [1.165, 1.54) is 0 Å². The quantitative estimate of drug-likeness (QED) is 0.605. The Balaban J connectivity index is 2.71. The highest BCUT2D eigenvalue weighted by atomic mass is 16.5. The Morgan fingerprint density at radius 1 is 1.73 bits per heavy atom. The molecule has 1 unspecified atom stereocenters. The molecule has 2 heteroatoms. The number of rotatable bonds is 2. The maximum absolute atomic E-state index is 11.0. The van der Waals surface area contributed by atoms with Gasteiger partial charge in [-0.05, 0) is 26.2 Å². The highest BCUT2D eigenvalue weighted by molar-refractivity contribution is 5.94. The van der Waals surface area contributed by atoms with Crippen LogP contribution in [0.25, 0.3) is 0 Å². The van der Waals surface area contributed by atoms with E-state index in [9.17, 15) is 4.79 Å². The lowest BCUT2D eigenvalue weighted by atomic mass is 9.94. The predicted octanol–water partition coefficient (Wildman–Crippen LogP) is 1.70. The monoisotopic (exact) mass is 154 g/mol. The minimum atomic E-state index is 0.0567. The maximum Gasteiger partial charge on any atom is 0.158 e. The molecule has 0 heterocycles. The molecular weight excluding hydrogens is 140 g/mol. The average Bonchev–Trinajstić information content (AvgIpc) is 2.04. The van der Waals surface area contributed by atoms with Crippen LogP contribution in [0.15, 0.2) is 11.6 Å². The first-order valence-corrected chi connectivity index (χ1v) is 3.99. The zero-order valence-corrected chi connectivity index (χ0v) is 7.09. The van der Waals surface area contributed by atoms with Gasteiger partial charge in [0.25, 0.3) is 0 Å². The molecule has 0 spiro atoms. The van der Waals surface area contributed by atoms with Gasteiger partial charge in [-0.25, -0.2) is 0 Å². The van der Waals surface area contributed by atoms with Crippen molar-refractivity contribution >= 4 is 5.78 Å². The number of hydrogen-bond acceptors (Lipinski definition) is 2. The molecule has 62 valence electrons. The standard InChI is InChI=1S/C9H14O2/c1-7(10)8-5-3-4-6-9(8)11-2/h5,9H,3-4,6H2,1-2H3. The molecule has 1 rings (SSSR count). The third-order valence-corrected chi connectivity index (χ3v) is 2.07. The van der Waals surface area contributed by atoms with Crippen molar-refractivity contribution in [1.82, 2.24) is 0 Å². The second kappa shape index (κ2) is 3.67. The van der Waals surface area contributed by atoms with Crippen molar-refractivity contribution in [3.8, 4) is 0 Å². The Labute approximate surface area is 67.2 Å². The predicted molar refractivity (Wildman–Crippen MR) is 43.4 cm³/mol. The molecular formula is C9H14O2. The van der Waals surface area contributed by atoms with Gasteiger partial charge in [0, 0.05) is 12.7 Å². The number of ketones is 1. The van der Waals surface area contributed by atoms with Gasteiger partial charge in [-0.15, -0.1) is 0 Å². The van der Waals surface area contributed by atoms with Crippen molar-refractivity contribution in [1.29, 1.82) is 0 Å². The Bertz CT molecular complexity index is 182. The minimum Gasteiger partial charge on any atom is -0.377 e. The number of methoxy groups -OCH3 is 1. The van der Waals surface area contributed by atoms with Gasteiger partial charge in [-0.1, -0.05) is 6.08 Å². The summed E-state index contributed by atoms with van der Waals surface area (Å²) < 4.78 is 5.18. The molecule has 0 fully saturated rings. The minimum absolute atomic E-state index is 0.0567. The van der Waals surface area contributed by atoms with E-state index in [0.29, 0.717) is 0 Å². The maximum atomic E-state index is 11.0. The summed E-state index contributed by atoms with van der Waals surface area (Å²) in [6, 6.07) is 0. The fraction of sp³-hybridized carbons (Fsp3) is 0.667. The second-order valence-corrected chi connectivity index (χ2v) is 2.87. The highest BCUT2D eigenvalue weighted by Gasteiger charge is 2.19. The van der Waals surface area contributed by atoms with Crippen LogP contribution in [0, 0.1) is 0 Å². The van der Waals surface area contributed by atoms with E-state index < -0.39 is 0 Å². The van der Waals surface area contributed by atoms with E-state index in [1.54, 1.807) is 14.0 Å². The van der Waals surface area contributed by atoms with Crippen molar-refractivity contribution in [3.63, 3.8) is 0 Å². The van der Waals surface area contributed by atoms with Crippen molar-refractivity contribution in [3.05, 3.63) is 11.6 Å². The van der Waals surface area contributed by atoms with Crippen molar-refractivity contribution < 1.29 is 9.53 Å². The van der Waals surface area contributed by atoms with Crippen LogP contribution < -0.4 is 0 Å². The summed E-state index contributed by atoms with van der Waals surface area (Å²) in [7, 11) is 1.66. The molecule has 0 bridgehead atoms. The topological polar surface area (TPSA) is 26.3 Å². The van der Waals surface area contributed by atoms with Gasteiger partial charge in [0.15, 0.2) is 5.78 Å². The highest BCUT2D eigenvalue weighted by Crippen LogP contribution is 2.21. The Morgan fingerprint density at radius 3 is 2.91 bits per heavy atom. The van der Waals surface area contributed by atoms with Crippen LogP contribution in [0.5, 0.6) is 0 Å². The molecule has 2 nitrogen and oxygen atoms in total. The molecule has 0 saturated heterocycles. The van der Waals surface area contributed by atoms with Crippen LogP contribution in [-0.2, 0) is 9.53 Å². The summed E-state index contributed by atoms with van der Waals surface area (Å²) in [5.74, 6) is 0.150. The van der Waals surface area contributed by atoms with Gasteiger partial charge in [-0.2, -0.15) is 0 Å². The van der Waals surface area contributed by atoms with Crippen LogP contribution in [0.4, 0.5) is 0 Å². The average molecular weight is 154 g/mol. The van der Waals surface area contributed by atoms with Crippen LogP contribution in [0.3, 0.4) is 0 Å². The third kappa shape index (κ3) is 1.90. The van der Waals surface area contributed by atoms with Gasteiger partial charge >= 0.3 is 0 Å². The Morgan fingerprint density at radius 2 is 2.45 bits per heavy atom. The number of Topliss-reactive ketones (excluding diaryl/α,β-unsaturated/α-hetero) is 1. The third-order valence-electron chi connectivity index (χ3n) is 2.07. The van der Waals surface area contributed by atoms with Crippen molar-refractivity contribution in [2.45, 2.75) is 32.3 Å². The van der Waals surface area contributed by atoms with Crippen LogP contribution >= 0.6 is 0 Å². The Kier molecular flexibility index (Phi) is 2.83. The summed E-state index contributed by atoms with van der Waals surface area (Å²) in [5, 5.41) is 0. The molecule has 1 aliphatic rings. The van der Waals surface area contributed by atoms with Crippen molar-refractivity contribution in [2.75, 3.05) is 7.11 Å². The molecule has 0 aromatic rings. The fourth-order valence-electron chi connectivity index (χ4n) is 1.46. The van der Waals surface area contributed by atoms with E-state index >= 15 is 0 Å². The van der Waals surface area contributed by atoms with E-state index in [4.69, 9.17) is 4.74 Å². The molecule has 0 radical (unpaired) electrons. The number of carbonyl (C=O) groups excluding carboxylic acids is 1. The van der Waals surface area contributed by atoms with E-state index in [1.807, 2.05) is 6.08 Å². The van der Waals surface area contributed by atoms with Gasteiger partial charge in [0.05, 0.1) is 6.10 Å². The molecule has 1 aliphatic carbocycles. The number of allylic oxidation sites excluding steroid dienone is 1. The van der Waals surface area contributed by atoms with E-state index in [-0.39, 0.29) is 11.9 Å². The number of carbonyl (C=O) groups is 1. The zero-order valence-electron chi connectivity index (χ0n) is 7.09. The van der Waals surface area contributed by atoms with E-state index in [2.05, 4.69) is 0 Å². The zero-order chi connectivity index (χ0) is 8.27. The molecule has 0 aliphatic heterocycles. The van der Waals surface area contributed by atoms with Gasteiger partial charge < -0.3 is 4.74 Å². The van der Waals surface area contributed by atoms with Crippen LogP contribution in [-0.4, -0.2) is 19.0 Å². The molecule has 0 amide bonds. The summed E-state index contributed by atoms with van der Waals surface area (Å²) in [6.07, 6.45) is 5.20. The summed E-state index contributed by atoms with van der Waals surface area (Å²) in [4.78, 5) is 11.0. The first-order chi connectivity index (χ1) is 5.25. The fourth-order valence-corrected chi connectivity index (χ4v) is 1.46. The molecule has 0 saturated carbocycles. The lowest BCUT2D eigenvalue weighted by Crippen LogP contribution is -2.21. The SMILES string of the molecule is COC1CCCC=C1C(C)=O. The summed E-state index contributed by atoms with van der Waals surface area (Å²) >= 11 is 0. The molecule has 0 aromatic heterocycles. The van der Waals surface area contributed by atoms with Gasteiger partial charge in [-0.3, -0.25) is 4.79 Å². The Hall–Kier alpha value is -0.630. The lowest BCUT2D eigenvalue weighted by molar-refractivity contribution is -0.115. The van der Waals surface area contributed by atoms with Crippen LogP contribution in [0.1, 0.15) is 26.2 Å².